The zero-order valence-corrected chi connectivity index (χ0v) is 12.3. The van der Waals surface area contributed by atoms with Gasteiger partial charge in [-0.3, -0.25) is 4.79 Å². The second-order valence-electron chi connectivity index (χ2n) is 7.32. The molecule has 0 radical (unpaired) electrons. The molecule has 1 N–H and O–H groups in total. The van der Waals surface area contributed by atoms with Crippen LogP contribution in [-0.4, -0.2) is 36.5 Å². The molecule has 1 amide bonds. The molecule has 3 fully saturated rings. The molecule has 0 aromatic heterocycles. The van der Waals surface area contributed by atoms with Gasteiger partial charge in [0.05, 0.1) is 0 Å². The summed E-state index contributed by atoms with van der Waals surface area (Å²) in [6.45, 7) is 3.27. The van der Waals surface area contributed by atoms with Gasteiger partial charge in [-0.25, -0.2) is 0 Å². The van der Waals surface area contributed by atoms with Crippen molar-refractivity contribution >= 4 is 5.91 Å². The number of nitrogens with zero attached hydrogens (tertiary/aromatic N) is 1. The Bertz CT molecular complexity index is 409. The largest absolute Gasteiger partial charge is 0.339 e. The number of carbonyl (C=O) groups excluding carboxylic acids is 1. The van der Waals surface area contributed by atoms with E-state index in [4.69, 9.17) is 0 Å². The van der Waals surface area contributed by atoms with Crippen LogP contribution in [0.25, 0.3) is 0 Å². The standard InChI is InChI=1S/C17H26N2O/c20-17(16-9-12-3-4-14(16)8-12)19(15-5-6-15)11-13-2-1-7-18-10-13/h3-4,12-16,18H,1-2,5-11H2. The Labute approximate surface area is 121 Å². The van der Waals surface area contributed by atoms with Gasteiger partial charge >= 0.3 is 0 Å². The van der Waals surface area contributed by atoms with Crippen LogP contribution < -0.4 is 5.32 Å². The van der Waals surface area contributed by atoms with Gasteiger partial charge in [-0.1, -0.05) is 12.2 Å². The van der Waals surface area contributed by atoms with Crippen LogP contribution in [0.1, 0.15) is 38.5 Å². The molecule has 20 heavy (non-hydrogen) atoms. The summed E-state index contributed by atoms with van der Waals surface area (Å²) in [5, 5.41) is 3.49. The zero-order valence-electron chi connectivity index (χ0n) is 12.3. The molecule has 4 rings (SSSR count). The highest BCUT2D eigenvalue weighted by Gasteiger charge is 2.44. The van der Waals surface area contributed by atoms with Gasteiger partial charge in [-0.2, -0.15) is 0 Å². The minimum Gasteiger partial charge on any atom is -0.339 e. The first-order valence-corrected chi connectivity index (χ1v) is 8.51. The molecule has 110 valence electrons. The SMILES string of the molecule is O=C(C1CC2C=CC1C2)N(CC1CCCNC1)C1CC1. The van der Waals surface area contributed by atoms with Crippen LogP contribution in [0.2, 0.25) is 0 Å². The monoisotopic (exact) mass is 274 g/mol. The normalized spacial score (nSPS) is 39.2. The fraction of sp³-hybridized carbons (Fsp3) is 0.824. The number of carbonyl (C=O) groups is 1. The molecule has 0 aromatic carbocycles. The van der Waals surface area contributed by atoms with Crippen molar-refractivity contribution in [2.24, 2.45) is 23.7 Å². The summed E-state index contributed by atoms with van der Waals surface area (Å²) in [6.07, 6.45) is 12.0. The molecular formula is C17H26N2O. The Kier molecular flexibility index (Phi) is 3.33. The van der Waals surface area contributed by atoms with Gasteiger partial charge in [0.2, 0.25) is 5.91 Å². The maximum Gasteiger partial charge on any atom is 0.226 e. The average Bonchev–Trinajstić information content (AvgIpc) is 3.11. The lowest BCUT2D eigenvalue weighted by Crippen LogP contribution is -2.45. The Hall–Kier alpha value is -0.830. The second kappa shape index (κ2) is 5.18. The van der Waals surface area contributed by atoms with E-state index in [2.05, 4.69) is 22.4 Å². The van der Waals surface area contributed by atoms with Crippen molar-refractivity contribution in [3.63, 3.8) is 0 Å². The Morgan fingerprint density at radius 1 is 1.20 bits per heavy atom. The third-order valence-electron chi connectivity index (χ3n) is 5.72. The van der Waals surface area contributed by atoms with Crippen LogP contribution >= 0.6 is 0 Å². The van der Waals surface area contributed by atoms with Crippen molar-refractivity contribution in [3.05, 3.63) is 12.2 Å². The van der Waals surface area contributed by atoms with E-state index in [1.54, 1.807) is 0 Å². The summed E-state index contributed by atoms with van der Waals surface area (Å²) < 4.78 is 0. The molecule has 0 aromatic rings. The molecule has 3 heteroatoms. The lowest BCUT2D eigenvalue weighted by Gasteiger charge is -2.33. The van der Waals surface area contributed by atoms with Crippen LogP contribution in [0.5, 0.6) is 0 Å². The number of hydrogen-bond donors (Lipinski definition) is 1. The fourth-order valence-electron chi connectivity index (χ4n) is 4.44. The van der Waals surface area contributed by atoms with E-state index in [1.165, 1.54) is 32.1 Å². The van der Waals surface area contributed by atoms with Crippen molar-refractivity contribution in [1.29, 1.82) is 0 Å². The van der Waals surface area contributed by atoms with E-state index in [1.807, 2.05) is 0 Å². The Balaban J connectivity index is 1.42. The summed E-state index contributed by atoms with van der Waals surface area (Å²) in [6, 6.07) is 0.576. The minimum atomic E-state index is 0.308. The molecule has 4 atom stereocenters. The van der Waals surface area contributed by atoms with Crippen molar-refractivity contribution in [1.82, 2.24) is 10.2 Å². The van der Waals surface area contributed by atoms with E-state index < -0.39 is 0 Å². The topological polar surface area (TPSA) is 32.3 Å². The van der Waals surface area contributed by atoms with Gasteiger partial charge < -0.3 is 10.2 Å². The molecule has 2 saturated carbocycles. The maximum absolute atomic E-state index is 13.0. The molecule has 1 saturated heterocycles. The molecule has 0 spiro atoms. The third-order valence-corrected chi connectivity index (χ3v) is 5.72. The number of nitrogens with one attached hydrogen (secondary N) is 1. The van der Waals surface area contributed by atoms with E-state index in [9.17, 15) is 4.79 Å². The Morgan fingerprint density at radius 2 is 2.10 bits per heavy atom. The number of fused-ring (bicyclic) bond motifs is 2. The molecule has 2 bridgehead atoms. The molecule has 1 heterocycles. The highest BCUT2D eigenvalue weighted by atomic mass is 16.2. The first-order valence-electron chi connectivity index (χ1n) is 8.51. The van der Waals surface area contributed by atoms with Crippen molar-refractivity contribution in [2.75, 3.05) is 19.6 Å². The predicted molar refractivity (Wildman–Crippen MR) is 79.2 cm³/mol. The quantitative estimate of drug-likeness (QED) is 0.797. The first-order chi connectivity index (χ1) is 9.81. The fourth-order valence-corrected chi connectivity index (χ4v) is 4.44. The molecule has 1 aliphatic heterocycles. The highest BCUT2D eigenvalue weighted by molar-refractivity contribution is 5.80. The molecule has 3 aliphatic carbocycles. The maximum atomic E-state index is 13.0. The van der Waals surface area contributed by atoms with Gasteiger partial charge in [0, 0.05) is 18.5 Å². The van der Waals surface area contributed by atoms with Gasteiger partial charge in [0.15, 0.2) is 0 Å². The number of rotatable bonds is 4. The van der Waals surface area contributed by atoms with Crippen LogP contribution in [-0.2, 0) is 4.79 Å². The summed E-state index contributed by atoms with van der Waals surface area (Å²) in [4.78, 5) is 15.2. The summed E-state index contributed by atoms with van der Waals surface area (Å²) in [5.41, 5.74) is 0. The minimum absolute atomic E-state index is 0.308. The van der Waals surface area contributed by atoms with Crippen LogP contribution in [0.15, 0.2) is 12.2 Å². The van der Waals surface area contributed by atoms with Crippen molar-refractivity contribution in [2.45, 2.75) is 44.6 Å². The van der Waals surface area contributed by atoms with Crippen LogP contribution in [0, 0.1) is 23.7 Å². The summed E-state index contributed by atoms with van der Waals surface area (Å²) >= 11 is 0. The second-order valence-corrected chi connectivity index (χ2v) is 7.32. The number of piperidine rings is 1. The van der Waals surface area contributed by atoms with Gasteiger partial charge in [0.1, 0.15) is 0 Å². The van der Waals surface area contributed by atoms with E-state index in [-0.39, 0.29) is 0 Å². The zero-order chi connectivity index (χ0) is 13.5. The van der Waals surface area contributed by atoms with Crippen molar-refractivity contribution in [3.8, 4) is 0 Å². The van der Waals surface area contributed by atoms with Gasteiger partial charge in [-0.15, -0.1) is 0 Å². The first kappa shape index (κ1) is 12.9. The third kappa shape index (κ3) is 2.41. The molecule has 4 aliphatic rings. The lowest BCUT2D eigenvalue weighted by molar-refractivity contribution is -0.137. The van der Waals surface area contributed by atoms with Gasteiger partial charge in [-0.05, 0) is 69.4 Å². The van der Waals surface area contributed by atoms with Crippen molar-refractivity contribution < 1.29 is 4.79 Å². The Morgan fingerprint density at radius 3 is 2.70 bits per heavy atom. The van der Waals surface area contributed by atoms with Crippen LogP contribution in [0.4, 0.5) is 0 Å². The number of amides is 1. The number of hydrogen-bond acceptors (Lipinski definition) is 2. The lowest BCUT2D eigenvalue weighted by atomic mass is 9.91. The van der Waals surface area contributed by atoms with E-state index in [0.717, 1.165) is 26.1 Å². The number of allylic oxidation sites excluding steroid dienone is 2. The van der Waals surface area contributed by atoms with Crippen LogP contribution in [0.3, 0.4) is 0 Å². The van der Waals surface area contributed by atoms with E-state index >= 15 is 0 Å². The average molecular weight is 274 g/mol. The molecule has 4 unspecified atom stereocenters. The molecule has 3 nitrogen and oxygen atoms in total. The summed E-state index contributed by atoms with van der Waals surface area (Å²) in [5.74, 6) is 2.73. The summed E-state index contributed by atoms with van der Waals surface area (Å²) in [7, 11) is 0. The molecular weight excluding hydrogens is 248 g/mol. The highest BCUT2D eigenvalue weighted by Crippen LogP contribution is 2.45. The van der Waals surface area contributed by atoms with Gasteiger partial charge in [0.25, 0.3) is 0 Å². The smallest absolute Gasteiger partial charge is 0.226 e. The van der Waals surface area contributed by atoms with E-state index in [0.29, 0.717) is 35.6 Å². The predicted octanol–water partition coefficient (Wildman–Crippen LogP) is 2.19.